The molecule has 142 valence electrons. The van der Waals surface area contributed by atoms with Gasteiger partial charge in [-0.15, -0.1) is 0 Å². The largest absolute Gasteiger partial charge is 0.456 e. The molecule has 2 aromatic rings. The summed E-state index contributed by atoms with van der Waals surface area (Å²) in [5.74, 6) is -2.49. The average Bonchev–Trinajstić information content (AvgIpc) is 2.65. The van der Waals surface area contributed by atoms with Gasteiger partial charge < -0.3 is 10.1 Å². The summed E-state index contributed by atoms with van der Waals surface area (Å²) < 4.78 is 18.5. The molecular weight excluding hydrogens is 349 g/mol. The summed E-state index contributed by atoms with van der Waals surface area (Å²) in [6.07, 6.45) is 0. The number of aryl methyl sites for hydroxylation is 1. The van der Waals surface area contributed by atoms with Gasteiger partial charge in [-0.2, -0.15) is 0 Å². The number of nitrogens with one attached hydrogen (secondary N) is 1. The molecule has 0 atom stereocenters. The van der Waals surface area contributed by atoms with Gasteiger partial charge >= 0.3 is 5.97 Å². The van der Waals surface area contributed by atoms with Gasteiger partial charge in [0.05, 0.1) is 5.56 Å². The highest BCUT2D eigenvalue weighted by atomic mass is 19.1. The minimum absolute atomic E-state index is 0.164. The van der Waals surface area contributed by atoms with Crippen molar-refractivity contribution in [1.29, 1.82) is 0 Å². The molecule has 1 amide bonds. The number of ether oxygens (including phenoxy) is 1. The smallest absolute Gasteiger partial charge is 0.325 e. The van der Waals surface area contributed by atoms with E-state index < -0.39 is 30.8 Å². The van der Waals surface area contributed by atoms with Crippen molar-refractivity contribution >= 4 is 17.7 Å². The second-order valence-electron chi connectivity index (χ2n) is 6.36. The molecule has 0 spiro atoms. The van der Waals surface area contributed by atoms with E-state index in [0.29, 0.717) is 5.56 Å². The fourth-order valence-corrected chi connectivity index (χ4v) is 2.67. The van der Waals surface area contributed by atoms with Crippen molar-refractivity contribution in [3.63, 3.8) is 0 Å². The number of hydrogen-bond donors (Lipinski definition) is 1. The van der Waals surface area contributed by atoms with Crippen LogP contribution < -0.4 is 5.32 Å². The molecule has 5 nitrogen and oxygen atoms in total. The van der Waals surface area contributed by atoms with Crippen molar-refractivity contribution < 1.29 is 23.5 Å². The van der Waals surface area contributed by atoms with Crippen LogP contribution in [0, 0.1) is 33.5 Å². The van der Waals surface area contributed by atoms with Gasteiger partial charge in [0.1, 0.15) is 12.4 Å². The number of carbonyl (C=O) groups excluding carboxylic acids is 3. The molecule has 27 heavy (non-hydrogen) atoms. The van der Waals surface area contributed by atoms with E-state index in [1.54, 1.807) is 6.07 Å². The van der Waals surface area contributed by atoms with Crippen molar-refractivity contribution in [3.05, 3.63) is 69.5 Å². The lowest BCUT2D eigenvalue weighted by molar-refractivity contribution is -0.141. The maximum Gasteiger partial charge on any atom is 0.325 e. The molecule has 0 fully saturated rings. The highest BCUT2D eigenvalue weighted by molar-refractivity contribution is 6.00. The summed E-state index contributed by atoms with van der Waals surface area (Å²) >= 11 is 0. The number of rotatable bonds is 6. The molecule has 0 radical (unpaired) electrons. The summed E-state index contributed by atoms with van der Waals surface area (Å²) in [7, 11) is 0. The normalized spacial score (nSPS) is 10.4. The highest BCUT2D eigenvalue weighted by Crippen LogP contribution is 2.21. The molecule has 1 N–H and O–H groups in total. The fourth-order valence-electron chi connectivity index (χ4n) is 2.67. The minimum atomic E-state index is -0.772. The van der Waals surface area contributed by atoms with E-state index in [0.717, 1.165) is 28.3 Å². The highest BCUT2D eigenvalue weighted by Gasteiger charge is 2.17. The van der Waals surface area contributed by atoms with Crippen molar-refractivity contribution in [2.75, 3.05) is 13.2 Å². The van der Waals surface area contributed by atoms with Crippen LogP contribution in [0.1, 0.15) is 43.0 Å². The lowest BCUT2D eigenvalue weighted by Gasteiger charge is -2.13. The first-order valence-electron chi connectivity index (χ1n) is 8.51. The zero-order valence-electron chi connectivity index (χ0n) is 15.8. The monoisotopic (exact) mass is 371 g/mol. The van der Waals surface area contributed by atoms with Gasteiger partial charge in [-0.25, -0.2) is 4.39 Å². The van der Waals surface area contributed by atoms with Crippen LogP contribution in [0.2, 0.25) is 0 Å². The van der Waals surface area contributed by atoms with Gasteiger partial charge in [-0.3, -0.25) is 14.4 Å². The first kappa shape index (κ1) is 20.3. The molecule has 0 heterocycles. The molecule has 0 aliphatic heterocycles. The Balaban J connectivity index is 1.92. The zero-order chi connectivity index (χ0) is 20.1. The maximum atomic E-state index is 13.5. The van der Waals surface area contributed by atoms with Crippen LogP contribution in [0.3, 0.4) is 0 Å². The number of amides is 1. The second-order valence-corrected chi connectivity index (χ2v) is 6.36. The van der Waals surface area contributed by atoms with Gasteiger partial charge in [-0.05, 0) is 68.1 Å². The van der Waals surface area contributed by atoms with Crippen LogP contribution in [0.5, 0.6) is 0 Å². The van der Waals surface area contributed by atoms with Gasteiger partial charge in [0.2, 0.25) is 5.78 Å². The summed E-state index contributed by atoms with van der Waals surface area (Å²) in [6.45, 7) is 6.83. The molecule has 0 aromatic heterocycles. The Morgan fingerprint density at radius 2 is 1.63 bits per heavy atom. The Labute approximate surface area is 157 Å². The molecule has 2 aromatic carbocycles. The number of hydrogen-bond acceptors (Lipinski definition) is 4. The van der Waals surface area contributed by atoms with E-state index in [-0.39, 0.29) is 11.3 Å². The minimum Gasteiger partial charge on any atom is -0.456 e. The van der Waals surface area contributed by atoms with E-state index in [4.69, 9.17) is 4.74 Å². The Hall–Kier alpha value is -3.02. The average molecular weight is 371 g/mol. The predicted octanol–water partition coefficient (Wildman–Crippen LogP) is 3.22. The molecule has 0 unspecified atom stereocenters. The third-order valence-electron chi connectivity index (χ3n) is 4.66. The lowest BCUT2D eigenvalue weighted by Crippen LogP contribution is -2.32. The van der Waals surface area contributed by atoms with E-state index in [9.17, 15) is 18.8 Å². The number of halogens is 1. The van der Waals surface area contributed by atoms with Gasteiger partial charge in [0.15, 0.2) is 6.61 Å². The first-order chi connectivity index (χ1) is 12.7. The van der Waals surface area contributed by atoms with Crippen molar-refractivity contribution in [1.82, 2.24) is 5.32 Å². The van der Waals surface area contributed by atoms with Crippen LogP contribution in [0.25, 0.3) is 0 Å². The summed E-state index contributed by atoms with van der Waals surface area (Å²) in [4.78, 5) is 36.0. The zero-order valence-corrected chi connectivity index (χ0v) is 15.8. The second kappa shape index (κ2) is 8.58. The van der Waals surface area contributed by atoms with Crippen molar-refractivity contribution in [2.45, 2.75) is 27.7 Å². The summed E-state index contributed by atoms with van der Waals surface area (Å²) in [5.41, 5.74) is 4.34. The van der Waals surface area contributed by atoms with E-state index in [2.05, 4.69) is 5.32 Å². The van der Waals surface area contributed by atoms with Crippen LogP contribution >= 0.6 is 0 Å². The van der Waals surface area contributed by atoms with Crippen molar-refractivity contribution in [3.8, 4) is 0 Å². The van der Waals surface area contributed by atoms with Gasteiger partial charge in [0, 0.05) is 5.56 Å². The van der Waals surface area contributed by atoms with Gasteiger partial charge in [0.25, 0.3) is 5.91 Å². The molecule has 0 bridgehead atoms. The molecule has 6 heteroatoms. The Bertz CT molecular complexity index is 905. The summed E-state index contributed by atoms with van der Waals surface area (Å²) in [5, 5.41) is 2.28. The van der Waals surface area contributed by atoms with Crippen molar-refractivity contribution in [2.24, 2.45) is 0 Å². The third kappa shape index (κ3) is 4.78. The number of carbonyl (C=O) groups is 3. The van der Waals surface area contributed by atoms with Crippen LogP contribution in [-0.4, -0.2) is 30.8 Å². The molecule has 0 saturated heterocycles. The summed E-state index contributed by atoms with van der Waals surface area (Å²) in [6, 6.07) is 7.23. The first-order valence-corrected chi connectivity index (χ1v) is 8.51. The van der Waals surface area contributed by atoms with E-state index >= 15 is 0 Å². The topological polar surface area (TPSA) is 72.5 Å². The Morgan fingerprint density at radius 1 is 0.963 bits per heavy atom. The third-order valence-corrected chi connectivity index (χ3v) is 4.66. The van der Waals surface area contributed by atoms with E-state index in [1.165, 1.54) is 18.2 Å². The van der Waals surface area contributed by atoms with E-state index in [1.807, 2.05) is 27.7 Å². The molecule has 0 saturated carbocycles. The standard InChI is InChI=1S/C21H22FNO4/c1-12-9-17(15(4)14(3)13(12)2)19(24)11-27-20(25)10-23-21(26)16-7-5-6-8-18(16)22/h5-9H,10-11H2,1-4H3,(H,23,26). The fraction of sp³-hybridized carbons (Fsp3) is 0.286. The number of ketones is 1. The molecule has 0 aliphatic rings. The molecule has 2 rings (SSSR count). The number of Topliss-reactive ketones (excluding diaryl/α,β-unsaturated/α-hetero) is 1. The number of esters is 1. The SMILES string of the molecule is Cc1cc(C(=O)COC(=O)CNC(=O)c2ccccc2F)c(C)c(C)c1C. The predicted molar refractivity (Wildman–Crippen MR) is 99.4 cm³/mol. The van der Waals surface area contributed by atoms with Crippen LogP contribution in [0.4, 0.5) is 4.39 Å². The van der Waals surface area contributed by atoms with Gasteiger partial charge in [-0.1, -0.05) is 12.1 Å². The Kier molecular flexibility index (Phi) is 6.45. The maximum absolute atomic E-state index is 13.5. The molecular formula is C21H22FNO4. The Morgan fingerprint density at radius 3 is 2.30 bits per heavy atom. The lowest BCUT2D eigenvalue weighted by atomic mass is 9.93. The van der Waals surface area contributed by atoms with Crippen LogP contribution in [0.15, 0.2) is 30.3 Å². The molecule has 0 aliphatic carbocycles. The number of benzene rings is 2. The van der Waals surface area contributed by atoms with Crippen LogP contribution in [-0.2, 0) is 9.53 Å². The quantitative estimate of drug-likeness (QED) is 0.625.